The largest absolute Gasteiger partial charge is 0.0969 e. The maximum absolute atomic E-state index is 6.15. The van der Waals surface area contributed by atoms with Crippen LogP contribution in [0.5, 0.6) is 0 Å². The Balaban J connectivity index is 2.23. The Hall–Kier alpha value is -0.400. The molecule has 0 nitrogen and oxygen atoms in total. The SMILES string of the molecule is CCCCCC/C(Cl)=C/Sc1ccccc1. The third-order valence-corrected chi connectivity index (χ3v) is 3.71. The first-order chi connectivity index (χ1) is 7.83. The van der Waals surface area contributed by atoms with E-state index in [4.69, 9.17) is 11.6 Å². The zero-order valence-electron chi connectivity index (χ0n) is 9.79. The Labute approximate surface area is 108 Å². The fraction of sp³-hybridized carbons (Fsp3) is 0.429. The Bertz CT molecular complexity index is 306. The molecule has 0 spiro atoms. The first kappa shape index (κ1) is 13.7. The summed E-state index contributed by atoms with van der Waals surface area (Å²) in [4.78, 5) is 1.24. The number of hydrogen-bond donors (Lipinski definition) is 0. The predicted molar refractivity (Wildman–Crippen MR) is 75.0 cm³/mol. The molecule has 0 aromatic heterocycles. The molecule has 2 heteroatoms. The van der Waals surface area contributed by atoms with E-state index in [1.165, 1.54) is 30.6 Å². The van der Waals surface area contributed by atoms with E-state index >= 15 is 0 Å². The summed E-state index contributed by atoms with van der Waals surface area (Å²) in [5.74, 6) is 0. The number of unbranched alkanes of at least 4 members (excludes halogenated alkanes) is 3. The fourth-order valence-corrected chi connectivity index (χ4v) is 2.37. The number of rotatable bonds is 7. The molecule has 0 unspecified atom stereocenters. The van der Waals surface area contributed by atoms with Crippen molar-refractivity contribution in [3.05, 3.63) is 40.8 Å². The highest BCUT2D eigenvalue weighted by Gasteiger charge is 1.94. The van der Waals surface area contributed by atoms with Crippen LogP contribution in [-0.4, -0.2) is 0 Å². The van der Waals surface area contributed by atoms with Gasteiger partial charge in [0.15, 0.2) is 0 Å². The first-order valence-electron chi connectivity index (χ1n) is 5.89. The van der Waals surface area contributed by atoms with E-state index in [2.05, 4.69) is 24.5 Å². The van der Waals surface area contributed by atoms with E-state index in [0.29, 0.717) is 0 Å². The number of halogens is 1. The van der Waals surface area contributed by atoms with Crippen LogP contribution in [0.3, 0.4) is 0 Å². The van der Waals surface area contributed by atoms with Crippen LogP contribution in [0.4, 0.5) is 0 Å². The lowest BCUT2D eigenvalue weighted by Crippen LogP contribution is -1.77. The minimum atomic E-state index is 0.977. The summed E-state index contributed by atoms with van der Waals surface area (Å²) < 4.78 is 0. The highest BCUT2D eigenvalue weighted by Crippen LogP contribution is 2.24. The van der Waals surface area contributed by atoms with Crippen molar-refractivity contribution in [3.63, 3.8) is 0 Å². The van der Waals surface area contributed by atoms with E-state index in [9.17, 15) is 0 Å². The zero-order valence-corrected chi connectivity index (χ0v) is 11.4. The van der Waals surface area contributed by atoms with E-state index in [-0.39, 0.29) is 0 Å². The number of allylic oxidation sites excluding steroid dienone is 1. The van der Waals surface area contributed by atoms with E-state index in [1.807, 2.05) is 18.2 Å². The van der Waals surface area contributed by atoms with E-state index < -0.39 is 0 Å². The molecule has 1 aromatic rings. The van der Waals surface area contributed by atoms with Crippen molar-refractivity contribution in [1.29, 1.82) is 0 Å². The van der Waals surface area contributed by atoms with Crippen LogP contribution in [0, 0.1) is 0 Å². The Kier molecular flexibility index (Phi) is 7.45. The van der Waals surface area contributed by atoms with Gasteiger partial charge in [0.2, 0.25) is 0 Å². The lowest BCUT2D eigenvalue weighted by atomic mass is 10.1. The first-order valence-corrected chi connectivity index (χ1v) is 7.15. The second-order valence-corrected chi connectivity index (χ2v) is 5.23. The smallest absolute Gasteiger partial charge is 0.0247 e. The van der Waals surface area contributed by atoms with E-state index in [0.717, 1.165) is 11.5 Å². The molecule has 0 fully saturated rings. The van der Waals surface area contributed by atoms with Gasteiger partial charge in [-0.05, 0) is 30.4 Å². The minimum absolute atomic E-state index is 0.977. The van der Waals surface area contributed by atoms with Crippen molar-refractivity contribution in [1.82, 2.24) is 0 Å². The summed E-state index contributed by atoms with van der Waals surface area (Å²) in [5.41, 5.74) is 0. The number of benzene rings is 1. The minimum Gasteiger partial charge on any atom is -0.0969 e. The van der Waals surface area contributed by atoms with Gasteiger partial charge in [-0.2, -0.15) is 0 Å². The summed E-state index contributed by atoms with van der Waals surface area (Å²) >= 11 is 7.85. The summed E-state index contributed by atoms with van der Waals surface area (Å²) in [7, 11) is 0. The standard InChI is InChI=1S/C14H19ClS/c1-2-3-4-6-9-13(15)12-16-14-10-7-5-8-11-14/h5,7-8,10-12H,2-4,6,9H2,1H3/b13-12-. The summed E-state index contributed by atoms with van der Waals surface area (Å²) in [5, 5.41) is 3.04. The molecule has 0 amide bonds. The van der Waals surface area contributed by atoms with Crippen molar-refractivity contribution < 1.29 is 0 Å². The second-order valence-electron chi connectivity index (χ2n) is 3.81. The van der Waals surface area contributed by atoms with Gasteiger partial charge in [-0.25, -0.2) is 0 Å². The molecule has 0 radical (unpaired) electrons. The highest BCUT2D eigenvalue weighted by molar-refractivity contribution is 8.02. The third kappa shape index (κ3) is 6.24. The molecule has 1 rings (SSSR count). The molecule has 0 heterocycles. The number of hydrogen-bond acceptors (Lipinski definition) is 1. The summed E-state index contributed by atoms with van der Waals surface area (Å²) in [6.07, 6.45) is 6.10. The van der Waals surface area contributed by atoms with Crippen LogP contribution in [0.1, 0.15) is 39.0 Å². The van der Waals surface area contributed by atoms with Gasteiger partial charge in [-0.3, -0.25) is 0 Å². The van der Waals surface area contributed by atoms with Gasteiger partial charge in [0.05, 0.1) is 0 Å². The van der Waals surface area contributed by atoms with Crippen molar-refractivity contribution in [2.75, 3.05) is 0 Å². The lowest BCUT2D eigenvalue weighted by molar-refractivity contribution is 0.672. The normalized spacial score (nSPS) is 11.8. The maximum Gasteiger partial charge on any atom is 0.0247 e. The van der Waals surface area contributed by atoms with Gasteiger partial charge >= 0.3 is 0 Å². The molecule has 0 saturated heterocycles. The summed E-state index contributed by atoms with van der Waals surface area (Å²) in [6.45, 7) is 2.22. The predicted octanol–water partition coefficient (Wildman–Crippen LogP) is 5.83. The van der Waals surface area contributed by atoms with Gasteiger partial charge in [0.25, 0.3) is 0 Å². The van der Waals surface area contributed by atoms with Crippen molar-refractivity contribution >= 4 is 23.4 Å². The Morgan fingerprint density at radius 1 is 1.19 bits per heavy atom. The molecule has 16 heavy (non-hydrogen) atoms. The second kappa shape index (κ2) is 8.72. The molecule has 1 aromatic carbocycles. The van der Waals surface area contributed by atoms with Crippen LogP contribution >= 0.6 is 23.4 Å². The quantitative estimate of drug-likeness (QED) is 0.436. The molecule has 0 aliphatic heterocycles. The molecular formula is C14H19ClS. The van der Waals surface area contributed by atoms with Crippen molar-refractivity contribution in [2.24, 2.45) is 0 Å². The molecule has 0 saturated carbocycles. The monoisotopic (exact) mass is 254 g/mol. The molecule has 88 valence electrons. The molecule has 0 atom stereocenters. The zero-order chi connectivity index (χ0) is 11.6. The maximum atomic E-state index is 6.15. The Morgan fingerprint density at radius 3 is 2.62 bits per heavy atom. The molecule has 0 N–H and O–H groups in total. The van der Waals surface area contributed by atoms with Crippen LogP contribution in [0.15, 0.2) is 45.7 Å². The summed E-state index contributed by atoms with van der Waals surface area (Å²) in [6, 6.07) is 10.3. The average molecular weight is 255 g/mol. The van der Waals surface area contributed by atoms with Gasteiger partial charge in [0, 0.05) is 9.93 Å². The van der Waals surface area contributed by atoms with Gasteiger partial charge < -0.3 is 0 Å². The average Bonchev–Trinajstić information content (AvgIpc) is 2.33. The highest BCUT2D eigenvalue weighted by atomic mass is 35.5. The fourth-order valence-electron chi connectivity index (χ4n) is 1.41. The van der Waals surface area contributed by atoms with Gasteiger partial charge in [-0.1, -0.05) is 67.7 Å². The lowest BCUT2D eigenvalue weighted by Gasteiger charge is -1.99. The number of thioether (sulfide) groups is 1. The van der Waals surface area contributed by atoms with Crippen LogP contribution in [0.25, 0.3) is 0 Å². The van der Waals surface area contributed by atoms with Crippen LogP contribution in [-0.2, 0) is 0 Å². The van der Waals surface area contributed by atoms with E-state index in [1.54, 1.807) is 11.8 Å². The van der Waals surface area contributed by atoms with Crippen LogP contribution < -0.4 is 0 Å². The van der Waals surface area contributed by atoms with Gasteiger partial charge in [-0.15, -0.1) is 0 Å². The molecule has 0 bridgehead atoms. The van der Waals surface area contributed by atoms with Crippen molar-refractivity contribution in [2.45, 2.75) is 43.9 Å². The molecule has 0 aliphatic rings. The van der Waals surface area contributed by atoms with Crippen LogP contribution in [0.2, 0.25) is 0 Å². The topological polar surface area (TPSA) is 0 Å². The Morgan fingerprint density at radius 2 is 1.94 bits per heavy atom. The van der Waals surface area contributed by atoms with Gasteiger partial charge in [0.1, 0.15) is 0 Å². The molecule has 0 aliphatic carbocycles. The van der Waals surface area contributed by atoms with Crippen molar-refractivity contribution in [3.8, 4) is 0 Å². The molecular weight excluding hydrogens is 236 g/mol. The third-order valence-electron chi connectivity index (χ3n) is 2.34.